The summed E-state index contributed by atoms with van der Waals surface area (Å²) in [5.41, 5.74) is 0. The van der Waals surface area contributed by atoms with Crippen molar-refractivity contribution < 1.29 is 4.74 Å². The Bertz CT molecular complexity index is 393. The molecule has 0 bridgehead atoms. The summed E-state index contributed by atoms with van der Waals surface area (Å²) in [6.07, 6.45) is 8.14. The second-order valence-corrected chi connectivity index (χ2v) is 5.30. The third-order valence-electron chi connectivity index (χ3n) is 3.47. The minimum absolute atomic E-state index is 0.573. The van der Waals surface area contributed by atoms with Crippen molar-refractivity contribution in [2.24, 2.45) is 0 Å². The number of nitrogens with zero attached hydrogens (tertiary/aromatic N) is 3. The summed E-state index contributed by atoms with van der Waals surface area (Å²) in [5.74, 6) is 1.55. The van der Waals surface area contributed by atoms with Gasteiger partial charge < -0.3 is 15.0 Å². The molecule has 0 aliphatic carbocycles. The second kappa shape index (κ2) is 8.04. The van der Waals surface area contributed by atoms with E-state index >= 15 is 0 Å². The molecular formula is C15H26N4O. The lowest BCUT2D eigenvalue weighted by Crippen LogP contribution is -2.38. The first-order valence-corrected chi connectivity index (χ1v) is 7.76. The summed E-state index contributed by atoms with van der Waals surface area (Å²) in [7, 11) is 0. The van der Waals surface area contributed by atoms with E-state index in [1.165, 1.54) is 12.8 Å². The zero-order valence-electron chi connectivity index (χ0n) is 12.6. The molecule has 1 unspecified atom stereocenters. The molecule has 0 radical (unpaired) electrons. The van der Waals surface area contributed by atoms with E-state index in [4.69, 9.17) is 4.74 Å². The highest BCUT2D eigenvalue weighted by Gasteiger charge is 2.19. The van der Waals surface area contributed by atoms with Crippen molar-refractivity contribution in [2.45, 2.75) is 45.6 Å². The van der Waals surface area contributed by atoms with Crippen LogP contribution in [0.15, 0.2) is 12.4 Å². The second-order valence-electron chi connectivity index (χ2n) is 5.30. The molecule has 0 spiro atoms. The number of ether oxygens (including phenoxy) is 1. The molecule has 1 fully saturated rings. The predicted octanol–water partition coefficient (Wildman–Crippen LogP) is 2.23. The minimum atomic E-state index is 0.573. The average molecular weight is 278 g/mol. The molecule has 5 nitrogen and oxygen atoms in total. The monoisotopic (exact) mass is 278 g/mol. The highest BCUT2D eigenvalue weighted by atomic mass is 16.5. The lowest BCUT2D eigenvalue weighted by Gasteiger charge is -2.26. The number of hydrogen-bond donors (Lipinski definition) is 1. The van der Waals surface area contributed by atoms with E-state index in [0.717, 1.165) is 38.3 Å². The van der Waals surface area contributed by atoms with Crippen molar-refractivity contribution in [2.75, 3.05) is 31.1 Å². The van der Waals surface area contributed by atoms with Crippen LogP contribution in [0.1, 0.15) is 39.5 Å². The molecule has 1 aliphatic heterocycles. The minimum Gasteiger partial charge on any atom is -0.477 e. The highest BCUT2D eigenvalue weighted by Crippen LogP contribution is 2.17. The first-order chi connectivity index (χ1) is 9.83. The van der Waals surface area contributed by atoms with Gasteiger partial charge in [0.05, 0.1) is 19.0 Å². The Morgan fingerprint density at radius 1 is 1.35 bits per heavy atom. The lowest BCUT2D eigenvalue weighted by atomic mass is 10.2. The molecular weight excluding hydrogens is 252 g/mol. The zero-order valence-corrected chi connectivity index (χ0v) is 12.6. The number of anilines is 1. The number of rotatable bonds is 8. The fourth-order valence-electron chi connectivity index (χ4n) is 2.51. The molecule has 1 atom stereocenters. The summed E-state index contributed by atoms with van der Waals surface area (Å²) in [4.78, 5) is 11.2. The van der Waals surface area contributed by atoms with Gasteiger partial charge in [-0.2, -0.15) is 4.98 Å². The lowest BCUT2D eigenvalue weighted by molar-refractivity contribution is 0.304. The molecule has 2 heterocycles. The van der Waals surface area contributed by atoms with Crippen LogP contribution >= 0.6 is 0 Å². The molecule has 1 aliphatic rings. The van der Waals surface area contributed by atoms with Crippen molar-refractivity contribution in [3.05, 3.63) is 12.4 Å². The van der Waals surface area contributed by atoms with Crippen molar-refractivity contribution in [1.29, 1.82) is 0 Å². The first kappa shape index (κ1) is 15.0. The summed E-state index contributed by atoms with van der Waals surface area (Å²) in [6.45, 7) is 8.11. The van der Waals surface area contributed by atoms with Crippen LogP contribution in [0.3, 0.4) is 0 Å². The molecule has 1 N–H and O–H groups in total. The highest BCUT2D eigenvalue weighted by molar-refractivity contribution is 5.37. The van der Waals surface area contributed by atoms with Gasteiger partial charge in [0.2, 0.25) is 5.88 Å². The Kier molecular flexibility index (Phi) is 6.05. The molecule has 0 saturated carbocycles. The van der Waals surface area contributed by atoms with Gasteiger partial charge in [-0.1, -0.05) is 13.8 Å². The van der Waals surface area contributed by atoms with Crippen LogP contribution in [-0.2, 0) is 0 Å². The van der Waals surface area contributed by atoms with Crippen LogP contribution in [0.2, 0.25) is 0 Å². The van der Waals surface area contributed by atoms with Gasteiger partial charge in [0.25, 0.3) is 0 Å². The van der Waals surface area contributed by atoms with Crippen molar-refractivity contribution in [3.8, 4) is 5.88 Å². The number of aromatic nitrogens is 2. The van der Waals surface area contributed by atoms with Crippen LogP contribution in [0.4, 0.5) is 5.82 Å². The Labute approximate surface area is 121 Å². The summed E-state index contributed by atoms with van der Waals surface area (Å²) < 4.78 is 5.58. The third kappa shape index (κ3) is 4.34. The molecule has 1 aromatic heterocycles. The van der Waals surface area contributed by atoms with Gasteiger partial charge in [-0.15, -0.1) is 0 Å². The maximum Gasteiger partial charge on any atom is 0.234 e. The maximum atomic E-state index is 5.58. The van der Waals surface area contributed by atoms with Gasteiger partial charge in [0, 0.05) is 19.1 Å². The molecule has 1 aromatic rings. The van der Waals surface area contributed by atoms with Gasteiger partial charge in [0.15, 0.2) is 5.82 Å². The SMILES string of the molecule is CCCOc1cncc(N(CCC)CC2CCCN2)n1. The first-order valence-electron chi connectivity index (χ1n) is 7.76. The van der Waals surface area contributed by atoms with Crippen molar-refractivity contribution >= 4 is 5.82 Å². The van der Waals surface area contributed by atoms with Crippen molar-refractivity contribution in [1.82, 2.24) is 15.3 Å². The van der Waals surface area contributed by atoms with Crippen LogP contribution in [0.25, 0.3) is 0 Å². The standard InChI is InChI=1S/C15H26N4O/c1-3-8-19(12-13-6-5-7-17-13)14-10-16-11-15(18-14)20-9-4-2/h10-11,13,17H,3-9,12H2,1-2H3. The Morgan fingerprint density at radius 3 is 2.95 bits per heavy atom. The molecule has 5 heteroatoms. The molecule has 1 saturated heterocycles. The third-order valence-corrected chi connectivity index (χ3v) is 3.47. The normalized spacial score (nSPS) is 18.2. The van der Waals surface area contributed by atoms with E-state index in [-0.39, 0.29) is 0 Å². The van der Waals surface area contributed by atoms with Gasteiger partial charge in [-0.05, 0) is 32.2 Å². The van der Waals surface area contributed by atoms with E-state index in [1.54, 1.807) is 6.20 Å². The van der Waals surface area contributed by atoms with Gasteiger partial charge in [-0.3, -0.25) is 4.98 Å². The average Bonchev–Trinajstić information content (AvgIpc) is 2.98. The molecule has 0 aromatic carbocycles. The topological polar surface area (TPSA) is 50.3 Å². The van der Waals surface area contributed by atoms with Gasteiger partial charge >= 0.3 is 0 Å². The Hall–Kier alpha value is -1.36. The maximum absolute atomic E-state index is 5.58. The quantitative estimate of drug-likeness (QED) is 0.790. The van der Waals surface area contributed by atoms with Crippen LogP contribution in [-0.4, -0.2) is 42.3 Å². The molecule has 20 heavy (non-hydrogen) atoms. The van der Waals surface area contributed by atoms with E-state index in [1.807, 2.05) is 6.20 Å². The summed E-state index contributed by atoms with van der Waals surface area (Å²) in [6, 6.07) is 0.573. The van der Waals surface area contributed by atoms with Gasteiger partial charge in [0.1, 0.15) is 0 Å². The van der Waals surface area contributed by atoms with E-state index in [2.05, 4.69) is 34.0 Å². The Balaban J connectivity index is 2.02. The fourth-order valence-corrected chi connectivity index (χ4v) is 2.51. The largest absolute Gasteiger partial charge is 0.477 e. The molecule has 0 amide bonds. The van der Waals surface area contributed by atoms with Crippen LogP contribution < -0.4 is 15.0 Å². The predicted molar refractivity (Wildman–Crippen MR) is 81.3 cm³/mol. The Morgan fingerprint density at radius 2 is 2.25 bits per heavy atom. The number of nitrogens with one attached hydrogen (secondary N) is 1. The van der Waals surface area contributed by atoms with Crippen LogP contribution in [0.5, 0.6) is 5.88 Å². The smallest absolute Gasteiger partial charge is 0.234 e. The van der Waals surface area contributed by atoms with Crippen molar-refractivity contribution in [3.63, 3.8) is 0 Å². The summed E-state index contributed by atoms with van der Waals surface area (Å²) in [5, 5.41) is 3.54. The number of hydrogen-bond acceptors (Lipinski definition) is 5. The van der Waals surface area contributed by atoms with E-state index < -0.39 is 0 Å². The van der Waals surface area contributed by atoms with E-state index in [0.29, 0.717) is 18.5 Å². The van der Waals surface area contributed by atoms with Gasteiger partial charge in [-0.25, -0.2) is 0 Å². The summed E-state index contributed by atoms with van der Waals surface area (Å²) >= 11 is 0. The molecule has 2 rings (SSSR count). The zero-order chi connectivity index (χ0) is 14.2. The fraction of sp³-hybridized carbons (Fsp3) is 0.733. The van der Waals surface area contributed by atoms with E-state index in [9.17, 15) is 0 Å². The van der Waals surface area contributed by atoms with Crippen LogP contribution in [0, 0.1) is 0 Å². The molecule has 112 valence electrons.